The minimum absolute atomic E-state index is 0.0996. The van der Waals surface area contributed by atoms with Crippen LogP contribution in [0.5, 0.6) is 0 Å². The van der Waals surface area contributed by atoms with Gasteiger partial charge >= 0.3 is 11.9 Å². The number of benzene rings is 4. The molecule has 1 aliphatic carbocycles. The summed E-state index contributed by atoms with van der Waals surface area (Å²) in [6, 6.07) is 30.6. The van der Waals surface area contributed by atoms with Crippen molar-refractivity contribution in [1.82, 2.24) is 0 Å². The summed E-state index contributed by atoms with van der Waals surface area (Å²) in [5, 5.41) is 22.8. The van der Waals surface area contributed by atoms with Crippen LogP contribution in [-0.4, -0.2) is 27.9 Å². The van der Waals surface area contributed by atoms with E-state index in [0.717, 1.165) is 22.3 Å². The van der Waals surface area contributed by atoms with Crippen molar-refractivity contribution >= 4 is 40.3 Å². The second kappa shape index (κ2) is 9.11. The summed E-state index contributed by atoms with van der Waals surface area (Å²) >= 11 is 0. The third kappa shape index (κ3) is 4.09. The van der Waals surface area contributed by atoms with Gasteiger partial charge < -0.3 is 15.5 Å². The van der Waals surface area contributed by atoms with E-state index < -0.39 is 11.9 Å². The second-order valence-electron chi connectivity index (χ2n) is 7.92. The van der Waals surface area contributed by atoms with E-state index in [2.05, 4.69) is 5.32 Å². The van der Waals surface area contributed by atoms with Crippen LogP contribution in [0.2, 0.25) is 0 Å². The summed E-state index contributed by atoms with van der Waals surface area (Å²) in [6.45, 7) is 0. The van der Waals surface area contributed by atoms with Gasteiger partial charge in [0.2, 0.25) is 0 Å². The van der Waals surface area contributed by atoms with Crippen molar-refractivity contribution in [2.45, 2.75) is 0 Å². The maximum Gasteiger partial charge on any atom is 0.337 e. The van der Waals surface area contributed by atoms with E-state index in [0.29, 0.717) is 22.8 Å². The molecular formula is C29H20N2O4. The number of hydrogen-bond donors (Lipinski definition) is 3. The fraction of sp³-hybridized carbons (Fsp3) is 0. The number of anilines is 1. The minimum atomic E-state index is -1.06. The van der Waals surface area contributed by atoms with E-state index in [1.807, 2.05) is 54.6 Å². The molecule has 4 aromatic carbocycles. The van der Waals surface area contributed by atoms with E-state index in [9.17, 15) is 19.8 Å². The second-order valence-corrected chi connectivity index (χ2v) is 7.92. The van der Waals surface area contributed by atoms with Crippen LogP contribution in [0.1, 0.15) is 37.4 Å². The first-order chi connectivity index (χ1) is 17.0. The number of carboxylic acid groups (broad SMARTS) is 2. The smallest absolute Gasteiger partial charge is 0.337 e. The molecule has 0 spiro atoms. The zero-order valence-corrected chi connectivity index (χ0v) is 18.5. The summed E-state index contributed by atoms with van der Waals surface area (Å²) in [5.41, 5.74) is 5.63. The SMILES string of the molecule is O=C(O)c1ccccc1N=C1C(c2ccccc2)=C(Nc2ccccc2C(=O)O)c2ccccc21. The van der Waals surface area contributed by atoms with Gasteiger partial charge in [-0.3, -0.25) is 0 Å². The molecule has 0 bridgehead atoms. The van der Waals surface area contributed by atoms with E-state index in [1.54, 1.807) is 42.5 Å². The van der Waals surface area contributed by atoms with Crippen LogP contribution in [0.25, 0.3) is 11.3 Å². The van der Waals surface area contributed by atoms with E-state index in [1.165, 1.54) is 6.07 Å². The zero-order valence-electron chi connectivity index (χ0n) is 18.5. The number of fused-ring (bicyclic) bond motifs is 1. The fourth-order valence-corrected chi connectivity index (χ4v) is 4.21. The van der Waals surface area contributed by atoms with Gasteiger partial charge in [-0.2, -0.15) is 0 Å². The van der Waals surface area contributed by atoms with Gasteiger partial charge in [0.1, 0.15) is 0 Å². The number of nitrogens with zero attached hydrogens (tertiary/aromatic N) is 1. The molecule has 0 heterocycles. The molecule has 1 aliphatic rings. The topological polar surface area (TPSA) is 99.0 Å². The molecular weight excluding hydrogens is 440 g/mol. The van der Waals surface area contributed by atoms with Crippen LogP contribution < -0.4 is 5.32 Å². The molecule has 0 radical (unpaired) electrons. The number of rotatable bonds is 6. The largest absolute Gasteiger partial charge is 0.478 e. The molecule has 3 N–H and O–H groups in total. The van der Waals surface area contributed by atoms with Gasteiger partial charge in [0.25, 0.3) is 0 Å². The summed E-state index contributed by atoms with van der Waals surface area (Å²) in [4.78, 5) is 28.6. The predicted molar refractivity (Wildman–Crippen MR) is 136 cm³/mol. The Hall–Kier alpha value is -4.97. The van der Waals surface area contributed by atoms with Crippen molar-refractivity contribution < 1.29 is 19.8 Å². The van der Waals surface area contributed by atoms with Gasteiger partial charge in [0.15, 0.2) is 0 Å². The molecule has 0 amide bonds. The Labute approximate surface area is 201 Å². The van der Waals surface area contributed by atoms with Gasteiger partial charge in [-0.15, -0.1) is 0 Å². The summed E-state index contributed by atoms with van der Waals surface area (Å²) < 4.78 is 0. The normalized spacial score (nSPS) is 13.5. The first-order valence-electron chi connectivity index (χ1n) is 10.9. The molecule has 0 atom stereocenters. The molecule has 0 saturated carbocycles. The molecule has 5 rings (SSSR count). The number of hydrogen-bond acceptors (Lipinski definition) is 4. The Kier molecular flexibility index (Phi) is 5.69. The lowest BCUT2D eigenvalue weighted by molar-refractivity contribution is 0.0687. The first kappa shape index (κ1) is 21.9. The predicted octanol–water partition coefficient (Wildman–Crippen LogP) is 6.20. The van der Waals surface area contributed by atoms with E-state index >= 15 is 0 Å². The Morgan fingerprint density at radius 3 is 1.91 bits per heavy atom. The molecule has 0 aromatic heterocycles. The van der Waals surface area contributed by atoms with Crippen LogP contribution in [0, 0.1) is 0 Å². The average molecular weight is 460 g/mol. The van der Waals surface area contributed by atoms with Crippen LogP contribution >= 0.6 is 0 Å². The zero-order chi connectivity index (χ0) is 24.4. The third-order valence-corrected chi connectivity index (χ3v) is 5.78. The van der Waals surface area contributed by atoms with Crippen LogP contribution in [-0.2, 0) is 0 Å². The standard InChI is InChI=1S/C29H20N2O4/c32-28(33)21-14-6-8-16-23(21)30-26-19-12-4-5-13-20(19)27(25(26)18-10-2-1-3-11-18)31-24-17-9-7-15-22(24)29(34)35/h1-17,30H,(H,32,33)(H,34,35). The summed E-state index contributed by atoms with van der Waals surface area (Å²) in [5.74, 6) is -2.10. The Balaban J connectivity index is 1.79. The molecule has 0 saturated heterocycles. The highest BCUT2D eigenvalue weighted by atomic mass is 16.4. The minimum Gasteiger partial charge on any atom is -0.478 e. The molecule has 0 unspecified atom stereocenters. The van der Waals surface area contributed by atoms with E-state index in [4.69, 9.17) is 4.99 Å². The van der Waals surface area contributed by atoms with Crippen molar-refractivity contribution in [1.29, 1.82) is 0 Å². The fourth-order valence-electron chi connectivity index (χ4n) is 4.21. The average Bonchev–Trinajstić information content (AvgIpc) is 3.18. The van der Waals surface area contributed by atoms with Crippen LogP contribution in [0.15, 0.2) is 108 Å². The van der Waals surface area contributed by atoms with Crippen molar-refractivity contribution in [3.05, 3.63) is 131 Å². The Morgan fingerprint density at radius 2 is 1.20 bits per heavy atom. The molecule has 4 aromatic rings. The van der Waals surface area contributed by atoms with Crippen molar-refractivity contribution in [2.24, 2.45) is 4.99 Å². The van der Waals surface area contributed by atoms with Gasteiger partial charge in [0, 0.05) is 16.7 Å². The van der Waals surface area contributed by atoms with Gasteiger partial charge in [0.05, 0.1) is 33.9 Å². The van der Waals surface area contributed by atoms with E-state index in [-0.39, 0.29) is 11.1 Å². The summed E-state index contributed by atoms with van der Waals surface area (Å²) in [6.07, 6.45) is 0. The monoisotopic (exact) mass is 460 g/mol. The maximum absolute atomic E-state index is 11.9. The highest BCUT2D eigenvalue weighted by molar-refractivity contribution is 6.43. The molecule has 6 heteroatoms. The highest BCUT2D eigenvalue weighted by Gasteiger charge is 2.30. The third-order valence-electron chi connectivity index (χ3n) is 5.78. The molecule has 35 heavy (non-hydrogen) atoms. The van der Waals surface area contributed by atoms with Gasteiger partial charge in [-0.05, 0) is 29.8 Å². The Bertz CT molecular complexity index is 1520. The van der Waals surface area contributed by atoms with Gasteiger partial charge in [-0.25, -0.2) is 14.6 Å². The van der Waals surface area contributed by atoms with Crippen molar-refractivity contribution in [2.75, 3.05) is 5.32 Å². The number of allylic oxidation sites excluding steroid dienone is 1. The Morgan fingerprint density at radius 1 is 0.629 bits per heavy atom. The highest BCUT2D eigenvalue weighted by Crippen LogP contribution is 2.41. The quantitative estimate of drug-likeness (QED) is 0.318. The number of carboxylic acids is 2. The van der Waals surface area contributed by atoms with Crippen LogP contribution in [0.4, 0.5) is 11.4 Å². The van der Waals surface area contributed by atoms with Crippen molar-refractivity contribution in [3.8, 4) is 0 Å². The van der Waals surface area contributed by atoms with Gasteiger partial charge in [-0.1, -0.05) is 78.9 Å². The molecule has 170 valence electrons. The van der Waals surface area contributed by atoms with Crippen LogP contribution in [0.3, 0.4) is 0 Å². The number of para-hydroxylation sites is 2. The molecule has 6 nitrogen and oxygen atoms in total. The summed E-state index contributed by atoms with van der Waals surface area (Å²) in [7, 11) is 0. The maximum atomic E-state index is 11.9. The number of aromatic carboxylic acids is 2. The first-order valence-corrected chi connectivity index (χ1v) is 10.9. The lowest BCUT2D eigenvalue weighted by atomic mass is 10.0. The molecule has 0 fully saturated rings. The number of aliphatic imine (C=N–C) groups is 1. The lowest BCUT2D eigenvalue weighted by Crippen LogP contribution is -2.06. The van der Waals surface area contributed by atoms with Crippen molar-refractivity contribution in [3.63, 3.8) is 0 Å². The molecule has 0 aliphatic heterocycles. The number of carbonyl (C=O) groups is 2. The lowest BCUT2D eigenvalue weighted by Gasteiger charge is -2.14. The number of nitrogens with one attached hydrogen (secondary N) is 1.